The molecular formula is C15H23N3O2S. The van der Waals surface area contributed by atoms with E-state index in [9.17, 15) is 9.90 Å². The van der Waals surface area contributed by atoms with Crippen LogP contribution in [0, 0.1) is 6.92 Å². The molecule has 0 amide bonds. The molecule has 0 saturated carbocycles. The number of aliphatic hydroxyl groups is 1. The first-order valence-electron chi connectivity index (χ1n) is 7.45. The molecule has 2 heterocycles. The van der Waals surface area contributed by atoms with Crippen molar-refractivity contribution in [3.63, 3.8) is 0 Å². The van der Waals surface area contributed by atoms with Crippen LogP contribution in [-0.2, 0) is 6.54 Å². The van der Waals surface area contributed by atoms with Gasteiger partial charge in [-0.2, -0.15) is 0 Å². The van der Waals surface area contributed by atoms with Crippen LogP contribution in [0.15, 0.2) is 16.2 Å². The largest absolute Gasteiger partial charge is 0.395 e. The van der Waals surface area contributed by atoms with E-state index in [0.717, 1.165) is 29.3 Å². The summed E-state index contributed by atoms with van der Waals surface area (Å²) in [5.41, 5.74) is 1.69. The van der Waals surface area contributed by atoms with Gasteiger partial charge >= 0.3 is 0 Å². The summed E-state index contributed by atoms with van der Waals surface area (Å²) in [5.74, 6) is 0. The van der Waals surface area contributed by atoms with Gasteiger partial charge in [0.2, 0.25) is 0 Å². The van der Waals surface area contributed by atoms with E-state index < -0.39 is 0 Å². The lowest BCUT2D eigenvalue weighted by atomic mass is 10.2. The van der Waals surface area contributed by atoms with Gasteiger partial charge in [0.05, 0.1) is 12.3 Å². The maximum Gasteiger partial charge on any atom is 0.259 e. The Kier molecular flexibility index (Phi) is 5.90. The molecule has 0 aliphatic rings. The number of hydrogen-bond acceptors (Lipinski definition) is 5. The fourth-order valence-corrected chi connectivity index (χ4v) is 3.30. The number of aryl methyl sites for hydroxylation is 1. The standard InChI is InChI=1S/C15H23N3O2S/c1-3-4-5-6-17(7-8-19)10-13-9-14(20)18-12(2)11-21-15(18)16-13/h9,11,19H,3-8,10H2,1-2H3. The molecule has 0 fully saturated rings. The highest BCUT2D eigenvalue weighted by Gasteiger charge is 2.10. The van der Waals surface area contributed by atoms with Crippen molar-refractivity contribution in [1.82, 2.24) is 14.3 Å². The van der Waals surface area contributed by atoms with Crippen LogP contribution in [0.3, 0.4) is 0 Å². The molecule has 0 aliphatic carbocycles. The molecule has 0 radical (unpaired) electrons. The van der Waals surface area contributed by atoms with Crippen molar-refractivity contribution in [2.24, 2.45) is 0 Å². The fraction of sp³-hybridized carbons (Fsp3) is 0.600. The summed E-state index contributed by atoms with van der Waals surface area (Å²) in [7, 11) is 0. The van der Waals surface area contributed by atoms with Crippen LogP contribution in [0.1, 0.15) is 37.6 Å². The first-order valence-corrected chi connectivity index (χ1v) is 8.33. The number of thiazole rings is 1. The van der Waals surface area contributed by atoms with Crippen LogP contribution in [0.25, 0.3) is 4.96 Å². The Morgan fingerprint density at radius 3 is 2.90 bits per heavy atom. The fourth-order valence-electron chi connectivity index (χ4n) is 2.41. The molecule has 2 aromatic rings. The predicted octanol–water partition coefficient (Wildman–Crippen LogP) is 2.05. The second-order valence-corrected chi connectivity index (χ2v) is 6.12. The van der Waals surface area contributed by atoms with Crippen molar-refractivity contribution < 1.29 is 5.11 Å². The molecule has 116 valence electrons. The minimum atomic E-state index is -0.0220. The molecule has 2 aromatic heterocycles. The molecule has 5 nitrogen and oxygen atoms in total. The first kappa shape index (κ1) is 16.1. The normalized spacial score (nSPS) is 11.6. The number of aromatic nitrogens is 2. The van der Waals surface area contributed by atoms with Crippen molar-refractivity contribution in [3.05, 3.63) is 33.2 Å². The molecule has 0 unspecified atom stereocenters. The lowest BCUT2D eigenvalue weighted by Gasteiger charge is -2.20. The average Bonchev–Trinajstić information content (AvgIpc) is 2.81. The van der Waals surface area contributed by atoms with Crippen molar-refractivity contribution >= 4 is 16.3 Å². The molecule has 0 spiro atoms. The lowest BCUT2D eigenvalue weighted by Crippen LogP contribution is -2.29. The summed E-state index contributed by atoms with van der Waals surface area (Å²) in [6, 6.07) is 1.61. The average molecular weight is 309 g/mol. The minimum absolute atomic E-state index is 0.0220. The van der Waals surface area contributed by atoms with E-state index >= 15 is 0 Å². The van der Waals surface area contributed by atoms with Crippen molar-refractivity contribution in [3.8, 4) is 0 Å². The van der Waals surface area contributed by atoms with Crippen molar-refractivity contribution in [2.75, 3.05) is 19.7 Å². The second kappa shape index (κ2) is 7.68. The Labute approximate surface area is 128 Å². The summed E-state index contributed by atoms with van der Waals surface area (Å²) in [6.45, 7) is 6.38. The van der Waals surface area contributed by atoms with Gasteiger partial charge in [0, 0.05) is 30.2 Å². The van der Waals surface area contributed by atoms with Gasteiger partial charge in [-0.3, -0.25) is 14.1 Å². The van der Waals surface area contributed by atoms with E-state index in [-0.39, 0.29) is 12.2 Å². The first-order chi connectivity index (χ1) is 10.2. The van der Waals surface area contributed by atoms with Crippen LogP contribution < -0.4 is 5.56 Å². The van der Waals surface area contributed by atoms with E-state index in [1.54, 1.807) is 10.5 Å². The van der Waals surface area contributed by atoms with Crippen LogP contribution >= 0.6 is 11.3 Å². The molecule has 0 aliphatic heterocycles. The number of nitrogens with zero attached hydrogens (tertiary/aromatic N) is 3. The van der Waals surface area contributed by atoms with Gasteiger partial charge in [0.1, 0.15) is 0 Å². The molecule has 0 aromatic carbocycles. The van der Waals surface area contributed by atoms with Gasteiger partial charge in [-0.15, -0.1) is 11.3 Å². The second-order valence-electron chi connectivity index (χ2n) is 5.29. The smallest absolute Gasteiger partial charge is 0.259 e. The van der Waals surface area contributed by atoms with Crippen LogP contribution in [0.5, 0.6) is 0 Å². The SMILES string of the molecule is CCCCCN(CCO)Cc1cc(=O)n2c(C)csc2n1. The van der Waals surface area contributed by atoms with Crippen LogP contribution in [-0.4, -0.2) is 39.1 Å². The number of aliphatic hydroxyl groups excluding tert-OH is 1. The lowest BCUT2D eigenvalue weighted by molar-refractivity contribution is 0.186. The molecule has 0 saturated heterocycles. The summed E-state index contributed by atoms with van der Waals surface area (Å²) in [6.07, 6.45) is 3.46. The summed E-state index contributed by atoms with van der Waals surface area (Å²) in [4.78, 5) is 19.6. The Hall–Kier alpha value is -1.24. The van der Waals surface area contributed by atoms with Crippen LogP contribution in [0.4, 0.5) is 0 Å². The van der Waals surface area contributed by atoms with E-state index in [1.165, 1.54) is 24.2 Å². The molecule has 0 bridgehead atoms. The molecular weight excluding hydrogens is 286 g/mol. The molecule has 21 heavy (non-hydrogen) atoms. The number of rotatable bonds is 8. The molecule has 0 atom stereocenters. The van der Waals surface area contributed by atoms with Gasteiger partial charge in [-0.25, -0.2) is 4.98 Å². The van der Waals surface area contributed by atoms with Gasteiger partial charge < -0.3 is 5.11 Å². The maximum absolute atomic E-state index is 12.1. The van der Waals surface area contributed by atoms with Crippen molar-refractivity contribution in [1.29, 1.82) is 0 Å². The van der Waals surface area contributed by atoms with Gasteiger partial charge in [-0.1, -0.05) is 19.8 Å². The number of unbranched alkanes of at least 4 members (excludes halogenated alkanes) is 2. The third kappa shape index (κ3) is 4.12. The Morgan fingerprint density at radius 1 is 1.38 bits per heavy atom. The van der Waals surface area contributed by atoms with E-state index in [1.807, 2.05) is 12.3 Å². The topological polar surface area (TPSA) is 57.8 Å². The zero-order valence-corrected chi connectivity index (χ0v) is 13.5. The Balaban J connectivity index is 2.14. The highest BCUT2D eigenvalue weighted by molar-refractivity contribution is 7.15. The monoisotopic (exact) mass is 309 g/mol. The van der Waals surface area contributed by atoms with Gasteiger partial charge in [-0.05, 0) is 19.9 Å². The van der Waals surface area contributed by atoms with Crippen molar-refractivity contribution in [2.45, 2.75) is 39.7 Å². The zero-order chi connectivity index (χ0) is 15.2. The Bertz CT molecular complexity index is 635. The third-order valence-corrected chi connectivity index (χ3v) is 4.45. The summed E-state index contributed by atoms with van der Waals surface area (Å²) < 4.78 is 1.64. The van der Waals surface area contributed by atoms with E-state index in [2.05, 4.69) is 16.8 Å². The minimum Gasteiger partial charge on any atom is -0.395 e. The zero-order valence-electron chi connectivity index (χ0n) is 12.7. The van der Waals surface area contributed by atoms with E-state index in [4.69, 9.17) is 0 Å². The highest BCUT2D eigenvalue weighted by Crippen LogP contribution is 2.12. The quantitative estimate of drug-likeness (QED) is 0.758. The summed E-state index contributed by atoms with van der Waals surface area (Å²) >= 11 is 1.49. The maximum atomic E-state index is 12.1. The van der Waals surface area contributed by atoms with E-state index in [0.29, 0.717) is 13.1 Å². The summed E-state index contributed by atoms with van der Waals surface area (Å²) in [5, 5.41) is 11.1. The van der Waals surface area contributed by atoms with Gasteiger partial charge in [0.15, 0.2) is 4.96 Å². The van der Waals surface area contributed by atoms with Gasteiger partial charge in [0.25, 0.3) is 5.56 Å². The predicted molar refractivity (Wildman–Crippen MR) is 86.0 cm³/mol. The number of fused-ring (bicyclic) bond motifs is 1. The van der Waals surface area contributed by atoms with Crippen LogP contribution in [0.2, 0.25) is 0 Å². The molecule has 1 N–H and O–H groups in total. The highest BCUT2D eigenvalue weighted by atomic mass is 32.1. The molecule has 2 rings (SSSR count). The molecule has 6 heteroatoms. The third-order valence-electron chi connectivity index (χ3n) is 3.51. The Morgan fingerprint density at radius 2 is 2.19 bits per heavy atom. The number of hydrogen-bond donors (Lipinski definition) is 1.